The van der Waals surface area contributed by atoms with Crippen molar-refractivity contribution in [2.24, 2.45) is 12.8 Å². The maximum atomic E-state index is 13.6. The molecule has 1 aromatic carbocycles. The predicted molar refractivity (Wildman–Crippen MR) is 99.0 cm³/mol. The van der Waals surface area contributed by atoms with E-state index < -0.39 is 5.69 Å². The van der Waals surface area contributed by atoms with Gasteiger partial charge in [-0.2, -0.15) is 0 Å². The molecule has 1 saturated heterocycles. The number of aromatic nitrogens is 2. The Morgan fingerprint density at radius 3 is 2.80 bits per heavy atom. The first kappa shape index (κ1) is 17.5. The van der Waals surface area contributed by atoms with Crippen molar-refractivity contribution in [1.29, 1.82) is 0 Å². The van der Waals surface area contributed by atoms with E-state index in [1.54, 1.807) is 6.07 Å². The first-order chi connectivity index (χ1) is 11.9. The number of piperidine rings is 1. The number of rotatable bonds is 3. The second-order valence-electron chi connectivity index (χ2n) is 6.69. The van der Waals surface area contributed by atoms with Gasteiger partial charge in [0, 0.05) is 32.2 Å². The third kappa shape index (κ3) is 3.53. The molecule has 0 amide bonds. The van der Waals surface area contributed by atoms with Gasteiger partial charge in [0.15, 0.2) is 0 Å². The topological polar surface area (TPSA) is 73.3 Å². The van der Waals surface area contributed by atoms with Crippen LogP contribution >= 0.6 is 0 Å². The summed E-state index contributed by atoms with van der Waals surface area (Å²) in [4.78, 5) is 26.8. The van der Waals surface area contributed by atoms with Crippen LogP contribution in [0.4, 0.5) is 10.2 Å². The number of anilines is 1. The molecule has 0 spiro atoms. The Balaban J connectivity index is 2.10. The van der Waals surface area contributed by atoms with Crippen LogP contribution < -0.4 is 27.3 Å². The molecule has 1 aliphatic rings. The van der Waals surface area contributed by atoms with Crippen molar-refractivity contribution >= 4 is 19.1 Å². The van der Waals surface area contributed by atoms with Gasteiger partial charge in [-0.15, -0.1) is 0 Å². The smallest absolute Gasteiger partial charge is 0.332 e. The summed E-state index contributed by atoms with van der Waals surface area (Å²) in [5, 5.41) is 0. The molecule has 25 heavy (non-hydrogen) atoms. The third-order valence-electron chi connectivity index (χ3n) is 4.80. The van der Waals surface area contributed by atoms with E-state index >= 15 is 0 Å². The minimum atomic E-state index is -0.412. The Labute approximate surface area is 146 Å². The van der Waals surface area contributed by atoms with Crippen LogP contribution in [0, 0.1) is 5.82 Å². The van der Waals surface area contributed by atoms with Gasteiger partial charge in [0.1, 0.15) is 19.5 Å². The van der Waals surface area contributed by atoms with Gasteiger partial charge in [-0.05, 0) is 30.5 Å². The van der Waals surface area contributed by atoms with Crippen molar-refractivity contribution in [2.75, 3.05) is 18.0 Å². The van der Waals surface area contributed by atoms with Gasteiger partial charge in [0.25, 0.3) is 5.56 Å². The zero-order valence-corrected chi connectivity index (χ0v) is 14.5. The predicted octanol–water partition coefficient (Wildman–Crippen LogP) is -1.08. The van der Waals surface area contributed by atoms with E-state index in [-0.39, 0.29) is 24.0 Å². The molecule has 3 rings (SSSR count). The summed E-state index contributed by atoms with van der Waals surface area (Å²) in [6.45, 7) is 1.54. The standard InChI is InChI=1S/C17H22BFN4O2/c1-21-16(24)8-15(22-6-2-3-13(20)10-22)23(17(21)25)9-11-7-12(19)4-5-14(11)18/h4-5,7-8,13H,2-3,6,9-10,18,20H2,1H3/t13-/m1/s1. The summed E-state index contributed by atoms with van der Waals surface area (Å²) in [7, 11) is 3.32. The van der Waals surface area contributed by atoms with Gasteiger partial charge < -0.3 is 10.6 Å². The van der Waals surface area contributed by atoms with E-state index in [9.17, 15) is 14.0 Å². The van der Waals surface area contributed by atoms with Crippen molar-refractivity contribution in [2.45, 2.75) is 25.4 Å². The highest BCUT2D eigenvalue weighted by Gasteiger charge is 2.21. The lowest BCUT2D eigenvalue weighted by atomic mass is 9.90. The molecular weight excluding hydrogens is 322 g/mol. The van der Waals surface area contributed by atoms with Crippen LogP contribution in [0.1, 0.15) is 18.4 Å². The molecule has 0 bridgehead atoms. The molecule has 0 aliphatic carbocycles. The van der Waals surface area contributed by atoms with Crippen LogP contribution in [0.25, 0.3) is 0 Å². The fourth-order valence-electron chi connectivity index (χ4n) is 3.27. The Hall–Kier alpha value is -2.35. The Morgan fingerprint density at radius 2 is 2.08 bits per heavy atom. The fourth-order valence-corrected chi connectivity index (χ4v) is 3.27. The number of benzene rings is 1. The van der Waals surface area contributed by atoms with Gasteiger partial charge >= 0.3 is 5.69 Å². The molecule has 0 unspecified atom stereocenters. The summed E-state index contributed by atoms with van der Waals surface area (Å²) >= 11 is 0. The van der Waals surface area contributed by atoms with E-state index in [0.29, 0.717) is 17.9 Å². The van der Waals surface area contributed by atoms with E-state index in [1.807, 2.05) is 12.7 Å². The lowest BCUT2D eigenvalue weighted by Gasteiger charge is -2.34. The summed E-state index contributed by atoms with van der Waals surface area (Å²) in [5.41, 5.74) is 6.89. The lowest BCUT2D eigenvalue weighted by Crippen LogP contribution is -2.47. The van der Waals surface area contributed by atoms with Crippen molar-refractivity contribution in [3.63, 3.8) is 0 Å². The molecule has 8 heteroatoms. The minimum absolute atomic E-state index is 0.0114. The van der Waals surface area contributed by atoms with Gasteiger partial charge in [-0.1, -0.05) is 11.5 Å². The van der Waals surface area contributed by atoms with Crippen LogP contribution in [0.5, 0.6) is 0 Å². The first-order valence-electron chi connectivity index (χ1n) is 8.43. The van der Waals surface area contributed by atoms with E-state index in [1.165, 1.54) is 29.8 Å². The molecule has 1 aromatic heterocycles. The quantitative estimate of drug-likeness (QED) is 0.719. The lowest BCUT2D eigenvalue weighted by molar-refractivity contribution is 0.491. The van der Waals surface area contributed by atoms with Gasteiger partial charge in [-0.25, -0.2) is 9.18 Å². The Kier molecular flexibility index (Phi) is 4.81. The van der Waals surface area contributed by atoms with Crippen molar-refractivity contribution in [1.82, 2.24) is 9.13 Å². The summed E-state index contributed by atoms with van der Waals surface area (Å²) < 4.78 is 16.2. The normalized spacial score (nSPS) is 17.7. The number of hydrogen-bond donors (Lipinski definition) is 1. The molecule has 1 fully saturated rings. The van der Waals surface area contributed by atoms with Crippen molar-refractivity contribution in [3.05, 3.63) is 56.5 Å². The summed E-state index contributed by atoms with van der Waals surface area (Å²) in [6, 6.07) is 5.99. The second kappa shape index (κ2) is 6.88. The summed E-state index contributed by atoms with van der Waals surface area (Å²) in [5.74, 6) is 0.201. The van der Waals surface area contributed by atoms with Crippen LogP contribution in [0.2, 0.25) is 0 Å². The average molecular weight is 344 g/mol. The van der Waals surface area contributed by atoms with Gasteiger partial charge in [0.2, 0.25) is 0 Å². The van der Waals surface area contributed by atoms with Crippen LogP contribution in [-0.2, 0) is 13.6 Å². The van der Waals surface area contributed by atoms with E-state index in [2.05, 4.69) is 0 Å². The SMILES string of the molecule is Bc1ccc(F)cc1Cn1c(N2CCC[C@@H](N)C2)cc(=O)n(C)c1=O. The monoisotopic (exact) mass is 344 g/mol. The van der Waals surface area contributed by atoms with Crippen LogP contribution in [-0.4, -0.2) is 36.1 Å². The van der Waals surface area contributed by atoms with Gasteiger partial charge in [-0.3, -0.25) is 13.9 Å². The highest BCUT2D eigenvalue weighted by Crippen LogP contribution is 2.18. The molecule has 0 radical (unpaired) electrons. The highest BCUT2D eigenvalue weighted by atomic mass is 19.1. The molecule has 1 aliphatic heterocycles. The summed E-state index contributed by atoms with van der Waals surface area (Å²) in [6.07, 6.45) is 1.83. The molecule has 2 N–H and O–H groups in total. The van der Waals surface area contributed by atoms with Gasteiger partial charge in [0.05, 0.1) is 6.54 Å². The Morgan fingerprint density at radius 1 is 1.32 bits per heavy atom. The number of nitrogens with two attached hydrogens (primary N) is 1. The van der Waals surface area contributed by atoms with Crippen molar-refractivity contribution < 1.29 is 4.39 Å². The van der Waals surface area contributed by atoms with Crippen LogP contribution in [0.15, 0.2) is 33.9 Å². The Bertz CT molecular complexity index is 908. The van der Waals surface area contributed by atoms with Crippen molar-refractivity contribution in [3.8, 4) is 0 Å². The first-order valence-corrected chi connectivity index (χ1v) is 8.43. The highest BCUT2D eigenvalue weighted by molar-refractivity contribution is 6.33. The molecule has 2 aromatic rings. The zero-order valence-electron chi connectivity index (χ0n) is 14.5. The number of nitrogens with zero attached hydrogens (tertiary/aromatic N) is 3. The number of hydrogen-bond acceptors (Lipinski definition) is 4. The zero-order chi connectivity index (χ0) is 18.1. The minimum Gasteiger partial charge on any atom is -0.356 e. The van der Waals surface area contributed by atoms with Crippen LogP contribution in [0.3, 0.4) is 0 Å². The molecule has 2 heterocycles. The van der Waals surface area contributed by atoms with E-state index in [4.69, 9.17) is 5.73 Å². The largest absolute Gasteiger partial charge is 0.356 e. The number of halogens is 1. The third-order valence-corrected chi connectivity index (χ3v) is 4.80. The molecule has 6 nitrogen and oxygen atoms in total. The fraction of sp³-hybridized carbons (Fsp3) is 0.412. The molecule has 1 atom stereocenters. The molecule has 132 valence electrons. The molecular formula is C17H22BFN4O2. The van der Waals surface area contributed by atoms with E-state index in [0.717, 1.165) is 29.4 Å². The maximum Gasteiger partial charge on any atom is 0.332 e. The second-order valence-corrected chi connectivity index (χ2v) is 6.69. The molecule has 0 saturated carbocycles. The average Bonchev–Trinajstić information content (AvgIpc) is 2.58. The maximum absolute atomic E-state index is 13.6.